The Bertz CT molecular complexity index is 527. The molecular weight excluding hydrogens is 234 g/mol. The fraction of sp³-hybridized carbons (Fsp3) is 0.312. The summed E-state index contributed by atoms with van der Waals surface area (Å²) < 4.78 is 0. The van der Waals surface area contributed by atoms with E-state index < -0.39 is 0 Å². The summed E-state index contributed by atoms with van der Waals surface area (Å²) in [7, 11) is 0. The van der Waals surface area contributed by atoms with E-state index in [-0.39, 0.29) is 5.41 Å². The summed E-state index contributed by atoms with van der Waals surface area (Å²) in [6.45, 7) is 7.21. The number of nitrogens with zero attached hydrogens (tertiary/aromatic N) is 1. The Morgan fingerprint density at radius 3 is 2.58 bits per heavy atom. The maximum absolute atomic E-state index is 6.01. The Morgan fingerprint density at radius 1 is 1.16 bits per heavy atom. The molecule has 0 aliphatic heterocycles. The predicted molar refractivity (Wildman–Crippen MR) is 81.3 cm³/mol. The summed E-state index contributed by atoms with van der Waals surface area (Å²) in [6, 6.07) is 12.0. The molecule has 1 aromatic heterocycles. The number of para-hydroxylation sites is 1. The smallest absolute Gasteiger partial charge is 0.0603 e. The zero-order valence-corrected chi connectivity index (χ0v) is 11.8. The van der Waals surface area contributed by atoms with Crippen LogP contribution in [-0.2, 0) is 5.41 Å². The predicted octanol–water partition coefficient (Wildman–Crippen LogP) is 3.36. The number of nitrogens with two attached hydrogens (primary N) is 1. The van der Waals surface area contributed by atoms with E-state index in [1.807, 2.05) is 30.5 Å². The van der Waals surface area contributed by atoms with Gasteiger partial charge in [0.25, 0.3) is 0 Å². The van der Waals surface area contributed by atoms with Crippen LogP contribution in [-0.4, -0.2) is 11.5 Å². The highest BCUT2D eigenvalue weighted by atomic mass is 14.9. The van der Waals surface area contributed by atoms with Crippen molar-refractivity contribution >= 4 is 11.4 Å². The van der Waals surface area contributed by atoms with Gasteiger partial charge in [-0.25, -0.2) is 0 Å². The van der Waals surface area contributed by atoms with E-state index in [0.29, 0.717) is 0 Å². The highest BCUT2D eigenvalue weighted by molar-refractivity contribution is 5.70. The van der Waals surface area contributed by atoms with E-state index in [1.54, 1.807) is 0 Å². The van der Waals surface area contributed by atoms with Gasteiger partial charge in [-0.15, -0.1) is 0 Å². The Morgan fingerprint density at radius 2 is 1.95 bits per heavy atom. The fourth-order valence-corrected chi connectivity index (χ4v) is 2.09. The number of nitrogens with one attached hydrogen (secondary N) is 1. The molecule has 3 N–H and O–H groups in total. The van der Waals surface area contributed by atoms with Gasteiger partial charge in [-0.1, -0.05) is 32.0 Å². The van der Waals surface area contributed by atoms with Gasteiger partial charge in [0.15, 0.2) is 0 Å². The molecular formula is C16H21N3. The van der Waals surface area contributed by atoms with E-state index in [0.717, 1.165) is 29.2 Å². The SMILES string of the molecule is Cc1cccc(N)c1NCC(C)(C)c1ccccn1. The molecule has 100 valence electrons. The van der Waals surface area contributed by atoms with Crippen molar-refractivity contribution in [2.45, 2.75) is 26.2 Å². The number of nitrogen functional groups attached to an aromatic ring is 1. The quantitative estimate of drug-likeness (QED) is 0.824. The second kappa shape index (κ2) is 5.31. The van der Waals surface area contributed by atoms with Crippen LogP contribution < -0.4 is 11.1 Å². The van der Waals surface area contributed by atoms with E-state index in [9.17, 15) is 0 Å². The van der Waals surface area contributed by atoms with Crippen molar-refractivity contribution < 1.29 is 0 Å². The lowest BCUT2D eigenvalue weighted by molar-refractivity contribution is 0.538. The van der Waals surface area contributed by atoms with Gasteiger partial charge in [-0.3, -0.25) is 4.98 Å². The minimum absolute atomic E-state index is 0.0457. The zero-order valence-electron chi connectivity index (χ0n) is 11.8. The second-order valence-corrected chi connectivity index (χ2v) is 5.49. The van der Waals surface area contributed by atoms with E-state index >= 15 is 0 Å². The van der Waals surface area contributed by atoms with Crippen molar-refractivity contribution in [3.63, 3.8) is 0 Å². The molecule has 0 fully saturated rings. The van der Waals surface area contributed by atoms with Crippen molar-refractivity contribution in [1.82, 2.24) is 4.98 Å². The minimum Gasteiger partial charge on any atom is -0.397 e. The Labute approximate surface area is 114 Å². The first kappa shape index (κ1) is 13.4. The molecule has 3 nitrogen and oxygen atoms in total. The van der Waals surface area contributed by atoms with Gasteiger partial charge in [0, 0.05) is 23.9 Å². The van der Waals surface area contributed by atoms with E-state index in [1.165, 1.54) is 0 Å². The molecule has 0 spiro atoms. The molecule has 0 saturated carbocycles. The van der Waals surface area contributed by atoms with Crippen molar-refractivity contribution in [3.8, 4) is 0 Å². The standard InChI is InChI=1S/C16H21N3/c1-12-7-6-8-13(17)15(12)19-11-16(2,3)14-9-4-5-10-18-14/h4-10,19H,11,17H2,1-3H3. The number of benzene rings is 1. The van der Waals surface area contributed by atoms with Crippen LogP contribution in [0.1, 0.15) is 25.1 Å². The second-order valence-electron chi connectivity index (χ2n) is 5.49. The van der Waals surface area contributed by atoms with Crippen molar-refractivity contribution in [2.24, 2.45) is 0 Å². The molecule has 0 aliphatic rings. The first-order valence-corrected chi connectivity index (χ1v) is 6.51. The first-order valence-electron chi connectivity index (χ1n) is 6.51. The maximum atomic E-state index is 6.01. The third kappa shape index (κ3) is 3.05. The molecule has 0 atom stereocenters. The lowest BCUT2D eigenvalue weighted by atomic mass is 9.88. The normalized spacial score (nSPS) is 11.3. The zero-order chi connectivity index (χ0) is 13.9. The van der Waals surface area contributed by atoms with Crippen LogP contribution in [0, 0.1) is 6.92 Å². The Hall–Kier alpha value is -2.03. The topological polar surface area (TPSA) is 50.9 Å². The Balaban J connectivity index is 2.14. The van der Waals surface area contributed by atoms with Crippen molar-refractivity contribution in [1.29, 1.82) is 0 Å². The Kier molecular flexibility index (Phi) is 3.74. The molecule has 0 bridgehead atoms. The summed E-state index contributed by atoms with van der Waals surface area (Å²) >= 11 is 0. The van der Waals surface area contributed by atoms with Crippen molar-refractivity contribution in [3.05, 3.63) is 53.9 Å². The molecule has 0 aliphatic carbocycles. The van der Waals surface area contributed by atoms with Crippen LogP contribution in [0.2, 0.25) is 0 Å². The first-order chi connectivity index (χ1) is 9.00. The number of hydrogen-bond donors (Lipinski definition) is 2. The van der Waals surface area contributed by atoms with E-state index in [4.69, 9.17) is 5.73 Å². The van der Waals surface area contributed by atoms with Gasteiger partial charge in [-0.2, -0.15) is 0 Å². The number of pyridine rings is 1. The highest BCUT2D eigenvalue weighted by Gasteiger charge is 2.22. The number of aromatic nitrogens is 1. The van der Waals surface area contributed by atoms with Gasteiger partial charge in [0.05, 0.1) is 11.4 Å². The number of hydrogen-bond acceptors (Lipinski definition) is 3. The average molecular weight is 255 g/mol. The molecule has 0 radical (unpaired) electrons. The minimum atomic E-state index is -0.0457. The largest absolute Gasteiger partial charge is 0.397 e. The average Bonchev–Trinajstić information content (AvgIpc) is 2.39. The van der Waals surface area contributed by atoms with Crippen LogP contribution in [0.15, 0.2) is 42.6 Å². The lowest BCUT2D eigenvalue weighted by Crippen LogP contribution is -2.29. The monoisotopic (exact) mass is 255 g/mol. The molecule has 2 aromatic rings. The van der Waals surface area contributed by atoms with Gasteiger partial charge in [0.1, 0.15) is 0 Å². The summed E-state index contributed by atoms with van der Waals surface area (Å²) in [4.78, 5) is 4.44. The van der Waals surface area contributed by atoms with Crippen LogP contribution in [0.3, 0.4) is 0 Å². The maximum Gasteiger partial charge on any atom is 0.0603 e. The van der Waals surface area contributed by atoms with Gasteiger partial charge >= 0.3 is 0 Å². The van der Waals surface area contributed by atoms with Gasteiger partial charge < -0.3 is 11.1 Å². The van der Waals surface area contributed by atoms with Crippen molar-refractivity contribution in [2.75, 3.05) is 17.6 Å². The third-order valence-corrected chi connectivity index (χ3v) is 3.37. The summed E-state index contributed by atoms with van der Waals surface area (Å²) in [5.41, 5.74) is 10.0. The van der Waals surface area contributed by atoms with Gasteiger partial charge in [-0.05, 0) is 30.7 Å². The van der Waals surface area contributed by atoms with Crippen LogP contribution in [0.25, 0.3) is 0 Å². The van der Waals surface area contributed by atoms with Crippen LogP contribution >= 0.6 is 0 Å². The van der Waals surface area contributed by atoms with Gasteiger partial charge in [0.2, 0.25) is 0 Å². The van der Waals surface area contributed by atoms with Crippen LogP contribution in [0.4, 0.5) is 11.4 Å². The summed E-state index contributed by atoms with van der Waals surface area (Å²) in [6.07, 6.45) is 1.83. The number of aryl methyl sites for hydroxylation is 1. The molecule has 0 amide bonds. The number of anilines is 2. The molecule has 0 saturated heterocycles. The highest BCUT2D eigenvalue weighted by Crippen LogP contribution is 2.26. The van der Waals surface area contributed by atoms with Crippen LogP contribution in [0.5, 0.6) is 0 Å². The lowest BCUT2D eigenvalue weighted by Gasteiger charge is -2.26. The summed E-state index contributed by atoms with van der Waals surface area (Å²) in [5, 5.41) is 3.45. The molecule has 2 rings (SSSR count). The molecule has 3 heteroatoms. The molecule has 1 aromatic carbocycles. The number of rotatable bonds is 4. The van der Waals surface area contributed by atoms with E-state index in [2.05, 4.69) is 43.2 Å². The third-order valence-electron chi connectivity index (χ3n) is 3.37. The molecule has 1 heterocycles. The summed E-state index contributed by atoms with van der Waals surface area (Å²) in [5.74, 6) is 0. The fourth-order valence-electron chi connectivity index (χ4n) is 2.09. The molecule has 0 unspecified atom stereocenters. The molecule has 19 heavy (non-hydrogen) atoms.